The fraction of sp³-hybridized carbons (Fsp3) is 0.133. The Bertz CT molecular complexity index is 772. The third-order valence-corrected chi connectivity index (χ3v) is 3.44. The van der Waals surface area contributed by atoms with Gasteiger partial charge in [-0.2, -0.15) is 13.2 Å². The van der Waals surface area contributed by atoms with Crippen molar-refractivity contribution < 1.29 is 33.3 Å². The molecular weight excluding hydrogens is 337 g/mol. The van der Waals surface area contributed by atoms with Gasteiger partial charge in [0, 0.05) is 12.0 Å². The van der Waals surface area contributed by atoms with Gasteiger partial charge in [0.05, 0.1) is 10.6 Å². The zero-order valence-electron chi connectivity index (χ0n) is 11.4. The van der Waals surface area contributed by atoms with Gasteiger partial charge < -0.3 is 15.3 Å². The number of carboxylic acid groups (broad SMARTS) is 1. The zero-order chi connectivity index (χ0) is 17.4. The van der Waals surface area contributed by atoms with Crippen LogP contribution in [-0.4, -0.2) is 21.3 Å². The number of hydrogen-bond donors (Lipinski definition) is 3. The van der Waals surface area contributed by atoms with Crippen molar-refractivity contribution in [3.63, 3.8) is 0 Å². The highest BCUT2D eigenvalue weighted by Gasteiger charge is 2.32. The maximum Gasteiger partial charge on any atom is 0.416 e. The van der Waals surface area contributed by atoms with Crippen LogP contribution in [0.3, 0.4) is 0 Å². The molecule has 3 N–H and O–H groups in total. The fourth-order valence-electron chi connectivity index (χ4n) is 2.04. The van der Waals surface area contributed by atoms with Gasteiger partial charge in [0.1, 0.15) is 17.1 Å². The SMILES string of the molecule is O=C(O)c1ccc(Cc2cc(C(F)(F)F)cc(Cl)c2O)cc1O. The van der Waals surface area contributed by atoms with E-state index in [-0.39, 0.29) is 17.5 Å². The van der Waals surface area contributed by atoms with Crippen molar-refractivity contribution in [1.82, 2.24) is 0 Å². The second-order valence-electron chi connectivity index (χ2n) is 4.80. The number of aromatic hydroxyl groups is 2. The summed E-state index contributed by atoms with van der Waals surface area (Å²) >= 11 is 5.61. The van der Waals surface area contributed by atoms with E-state index in [9.17, 15) is 28.2 Å². The van der Waals surface area contributed by atoms with Gasteiger partial charge in [-0.3, -0.25) is 0 Å². The molecule has 0 radical (unpaired) electrons. The van der Waals surface area contributed by atoms with Gasteiger partial charge >= 0.3 is 12.1 Å². The van der Waals surface area contributed by atoms with Gasteiger partial charge in [-0.25, -0.2) is 4.79 Å². The summed E-state index contributed by atoms with van der Waals surface area (Å²) < 4.78 is 38.3. The van der Waals surface area contributed by atoms with E-state index in [0.717, 1.165) is 18.2 Å². The molecule has 0 amide bonds. The molecule has 2 aromatic rings. The molecule has 122 valence electrons. The van der Waals surface area contributed by atoms with Crippen molar-refractivity contribution in [2.24, 2.45) is 0 Å². The van der Waals surface area contributed by atoms with Crippen molar-refractivity contribution in [1.29, 1.82) is 0 Å². The number of carbonyl (C=O) groups is 1. The molecule has 23 heavy (non-hydrogen) atoms. The van der Waals surface area contributed by atoms with Crippen LogP contribution < -0.4 is 0 Å². The first kappa shape index (κ1) is 17.0. The molecule has 0 atom stereocenters. The van der Waals surface area contributed by atoms with Gasteiger partial charge in [-0.15, -0.1) is 0 Å². The Kier molecular flexibility index (Phi) is 4.42. The summed E-state index contributed by atoms with van der Waals surface area (Å²) in [5.74, 6) is -2.35. The lowest BCUT2D eigenvalue weighted by Crippen LogP contribution is -2.06. The molecule has 2 aromatic carbocycles. The minimum Gasteiger partial charge on any atom is -0.507 e. The highest BCUT2D eigenvalue weighted by molar-refractivity contribution is 6.32. The number of carboxylic acids is 1. The summed E-state index contributed by atoms with van der Waals surface area (Å²) in [6, 6.07) is 4.93. The Morgan fingerprint density at radius 2 is 1.78 bits per heavy atom. The molecule has 0 unspecified atom stereocenters. The average molecular weight is 347 g/mol. The third kappa shape index (κ3) is 3.68. The number of rotatable bonds is 3. The summed E-state index contributed by atoms with van der Waals surface area (Å²) in [6.45, 7) is 0. The number of hydrogen-bond acceptors (Lipinski definition) is 3. The molecule has 0 saturated carbocycles. The van der Waals surface area contributed by atoms with Crippen molar-refractivity contribution >= 4 is 17.6 Å². The minimum absolute atomic E-state index is 0.0905. The van der Waals surface area contributed by atoms with Crippen LogP contribution in [0.25, 0.3) is 0 Å². The van der Waals surface area contributed by atoms with E-state index < -0.39 is 34.2 Å². The maximum absolute atomic E-state index is 12.8. The second kappa shape index (κ2) is 6.00. The third-order valence-electron chi connectivity index (χ3n) is 3.16. The Balaban J connectivity index is 2.42. The molecule has 8 heteroatoms. The van der Waals surface area contributed by atoms with E-state index >= 15 is 0 Å². The van der Waals surface area contributed by atoms with E-state index in [1.54, 1.807) is 0 Å². The second-order valence-corrected chi connectivity index (χ2v) is 5.20. The molecule has 2 rings (SSSR count). The molecule has 0 saturated heterocycles. The van der Waals surface area contributed by atoms with Crippen molar-refractivity contribution in [3.8, 4) is 11.5 Å². The van der Waals surface area contributed by atoms with Crippen LogP contribution in [0, 0.1) is 0 Å². The number of phenolic OH excluding ortho intramolecular Hbond substituents is 1. The van der Waals surface area contributed by atoms with Crippen molar-refractivity contribution in [2.75, 3.05) is 0 Å². The lowest BCUT2D eigenvalue weighted by Gasteiger charge is -2.12. The molecule has 0 fully saturated rings. The Labute approximate surface area is 133 Å². The first-order chi connectivity index (χ1) is 10.6. The van der Waals surface area contributed by atoms with Crippen LogP contribution in [0.2, 0.25) is 5.02 Å². The van der Waals surface area contributed by atoms with Crippen LogP contribution >= 0.6 is 11.6 Å². The summed E-state index contributed by atoms with van der Waals surface area (Å²) in [4.78, 5) is 10.8. The highest BCUT2D eigenvalue weighted by atomic mass is 35.5. The Hall–Kier alpha value is -2.41. The van der Waals surface area contributed by atoms with Gasteiger partial charge in [0.25, 0.3) is 0 Å². The molecular formula is C15H10ClF3O4. The number of phenols is 2. The van der Waals surface area contributed by atoms with Crippen LogP contribution in [0.1, 0.15) is 27.0 Å². The van der Waals surface area contributed by atoms with Crippen molar-refractivity contribution in [2.45, 2.75) is 12.6 Å². The standard InChI is InChI=1S/C15H10ClF3O4/c16-11-6-9(15(17,18)19)5-8(13(11)21)3-7-1-2-10(14(22)23)12(20)4-7/h1-2,4-6,20-21H,3H2,(H,22,23). The van der Waals surface area contributed by atoms with Crippen molar-refractivity contribution in [3.05, 3.63) is 57.6 Å². The summed E-state index contributed by atoms with van der Waals surface area (Å²) in [7, 11) is 0. The lowest BCUT2D eigenvalue weighted by molar-refractivity contribution is -0.137. The van der Waals surface area contributed by atoms with Gasteiger partial charge in [-0.1, -0.05) is 17.7 Å². The maximum atomic E-state index is 12.8. The predicted molar refractivity (Wildman–Crippen MR) is 76.0 cm³/mol. The summed E-state index contributed by atoms with van der Waals surface area (Å²) in [5, 5.41) is 27.8. The first-order valence-electron chi connectivity index (χ1n) is 6.23. The van der Waals surface area contributed by atoms with Crippen LogP contribution in [0.15, 0.2) is 30.3 Å². The monoisotopic (exact) mass is 346 g/mol. The van der Waals surface area contributed by atoms with Crippen LogP contribution in [0.5, 0.6) is 11.5 Å². The van der Waals surface area contributed by atoms with Gasteiger partial charge in [0.15, 0.2) is 0 Å². The molecule has 0 aliphatic rings. The zero-order valence-corrected chi connectivity index (χ0v) is 12.1. The minimum atomic E-state index is -4.62. The molecule has 0 aliphatic heterocycles. The Morgan fingerprint density at radius 3 is 2.30 bits per heavy atom. The normalized spacial score (nSPS) is 11.5. The van der Waals surface area contributed by atoms with Gasteiger partial charge in [0.2, 0.25) is 0 Å². The number of aromatic carboxylic acids is 1. The molecule has 0 aromatic heterocycles. The fourth-order valence-corrected chi connectivity index (χ4v) is 2.28. The summed E-state index contributed by atoms with van der Waals surface area (Å²) in [5.41, 5.74) is -1.12. The largest absolute Gasteiger partial charge is 0.507 e. The molecule has 0 bridgehead atoms. The Morgan fingerprint density at radius 1 is 1.13 bits per heavy atom. The van der Waals surface area contributed by atoms with E-state index in [1.165, 1.54) is 6.07 Å². The van der Waals surface area contributed by atoms with E-state index in [1.807, 2.05) is 0 Å². The highest BCUT2D eigenvalue weighted by Crippen LogP contribution is 2.38. The smallest absolute Gasteiger partial charge is 0.416 e. The van der Waals surface area contributed by atoms with Crippen LogP contribution in [-0.2, 0) is 12.6 Å². The molecule has 0 spiro atoms. The first-order valence-corrected chi connectivity index (χ1v) is 6.61. The van der Waals surface area contributed by atoms with Gasteiger partial charge in [-0.05, 0) is 29.8 Å². The number of halogens is 4. The molecule has 0 aliphatic carbocycles. The summed E-state index contributed by atoms with van der Waals surface area (Å²) in [6.07, 6.45) is -4.79. The lowest BCUT2D eigenvalue weighted by atomic mass is 10.00. The topological polar surface area (TPSA) is 77.8 Å². The molecule has 0 heterocycles. The van der Waals surface area contributed by atoms with E-state index in [4.69, 9.17) is 16.7 Å². The molecule has 4 nitrogen and oxygen atoms in total. The van der Waals surface area contributed by atoms with E-state index in [2.05, 4.69) is 0 Å². The number of benzene rings is 2. The quantitative estimate of drug-likeness (QED) is 0.783. The van der Waals surface area contributed by atoms with E-state index in [0.29, 0.717) is 11.6 Å². The average Bonchev–Trinajstić information content (AvgIpc) is 2.42. The van der Waals surface area contributed by atoms with Crippen LogP contribution in [0.4, 0.5) is 13.2 Å². The predicted octanol–water partition coefficient (Wildman–Crippen LogP) is 4.06. The number of alkyl halides is 3.